The number of carbonyl (C=O) groups is 2. The van der Waals surface area contributed by atoms with Gasteiger partial charge in [0.15, 0.2) is 0 Å². The Labute approximate surface area is 114 Å². The van der Waals surface area contributed by atoms with Crippen LogP contribution in [0.5, 0.6) is 0 Å². The van der Waals surface area contributed by atoms with Crippen molar-refractivity contribution in [1.29, 1.82) is 0 Å². The molecule has 100 valence electrons. The molecule has 0 aliphatic heterocycles. The molecule has 1 aromatic rings. The summed E-state index contributed by atoms with van der Waals surface area (Å²) < 4.78 is 0.658. The van der Waals surface area contributed by atoms with E-state index in [2.05, 4.69) is 5.32 Å². The summed E-state index contributed by atoms with van der Waals surface area (Å²) in [6.07, 6.45) is 0. The minimum absolute atomic E-state index is 0.173. The van der Waals surface area contributed by atoms with E-state index in [1.54, 1.807) is 19.9 Å². The molecule has 1 rings (SSSR count). The third-order valence-corrected chi connectivity index (χ3v) is 3.46. The Hall–Kier alpha value is -1.27. The number of carboxylic acid groups (broad SMARTS) is 1. The van der Waals surface area contributed by atoms with Crippen molar-refractivity contribution in [3.63, 3.8) is 0 Å². The highest BCUT2D eigenvalue weighted by Gasteiger charge is 2.19. The number of nitrogens with one attached hydrogen (secondary N) is 1. The van der Waals surface area contributed by atoms with E-state index in [4.69, 9.17) is 16.7 Å². The Bertz CT molecular complexity index is 434. The second-order valence-corrected chi connectivity index (χ2v) is 5.78. The minimum atomic E-state index is -1.03. The summed E-state index contributed by atoms with van der Waals surface area (Å²) in [5.74, 6) is -1.03. The molecule has 2 N–H and O–H groups in total. The lowest BCUT2D eigenvalue weighted by Crippen LogP contribution is -2.46. The Morgan fingerprint density at radius 1 is 1.50 bits per heavy atom. The molecule has 0 saturated heterocycles. The van der Waals surface area contributed by atoms with Gasteiger partial charge in [-0.3, -0.25) is 4.79 Å². The molecule has 0 unspecified atom stereocenters. The monoisotopic (exact) mass is 290 g/mol. The van der Waals surface area contributed by atoms with Crippen molar-refractivity contribution in [3.05, 3.63) is 21.3 Å². The van der Waals surface area contributed by atoms with Crippen molar-refractivity contribution >= 4 is 34.9 Å². The first kappa shape index (κ1) is 14.8. The lowest BCUT2D eigenvalue weighted by atomic mass is 10.3. The number of rotatable bonds is 5. The number of hydrogen-bond donors (Lipinski definition) is 2. The molecule has 7 heteroatoms. The lowest BCUT2D eigenvalue weighted by molar-refractivity contribution is -0.138. The van der Waals surface area contributed by atoms with E-state index in [1.165, 1.54) is 16.2 Å². The van der Waals surface area contributed by atoms with Gasteiger partial charge in [0.2, 0.25) is 0 Å². The summed E-state index contributed by atoms with van der Waals surface area (Å²) in [6, 6.07) is 3.01. The Kier molecular flexibility index (Phi) is 5.43. The molecule has 0 atom stereocenters. The summed E-state index contributed by atoms with van der Waals surface area (Å²) in [6.45, 7) is 3.57. The van der Waals surface area contributed by atoms with Gasteiger partial charge in [0.1, 0.15) is 6.54 Å². The zero-order chi connectivity index (χ0) is 13.7. The summed E-state index contributed by atoms with van der Waals surface area (Å²) in [5.41, 5.74) is 0. The molecule has 5 nitrogen and oxygen atoms in total. The number of urea groups is 1. The van der Waals surface area contributed by atoms with Crippen LogP contribution in [0.15, 0.2) is 12.1 Å². The smallest absolute Gasteiger partial charge is 0.323 e. The summed E-state index contributed by atoms with van der Waals surface area (Å²) in [5, 5.41) is 11.4. The molecule has 0 fully saturated rings. The van der Waals surface area contributed by atoms with E-state index >= 15 is 0 Å². The van der Waals surface area contributed by atoms with Gasteiger partial charge in [0.05, 0.1) is 10.9 Å². The number of carboxylic acids is 1. The van der Waals surface area contributed by atoms with Crippen LogP contribution in [0.4, 0.5) is 4.79 Å². The van der Waals surface area contributed by atoms with Crippen molar-refractivity contribution < 1.29 is 14.7 Å². The van der Waals surface area contributed by atoms with Crippen LogP contribution >= 0.6 is 22.9 Å². The fourth-order valence-corrected chi connectivity index (χ4v) is 2.37. The first-order valence-electron chi connectivity index (χ1n) is 5.40. The van der Waals surface area contributed by atoms with E-state index < -0.39 is 12.0 Å². The Balaban J connectivity index is 2.53. The van der Waals surface area contributed by atoms with Gasteiger partial charge in [-0.1, -0.05) is 11.6 Å². The zero-order valence-corrected chi connectivity index (χ0v) is 11.7. The van der Waals surface area contributed by atoms with Crippen LogP contribution in [-0.4, -0.2) is 34.6 Å². The molecule has 0 saturated carbocycles. The van der Waals surface area contributed by atoms with E-state index in [9.17, 15) is 9.59 Å². The van der Waals surface area contributed by atoms with Gasteiger partial charge >= 0.3 is 12.0 Å². The number of amides is 2. The Morgan fingerprint density at radius 3 is 2.61 bits per heavy atom. The molecule has 0 aromatic carbocycles. The van der Waals surface area contributed by atoms with Crippen molar-refractivity contribution in [2.24, 2.45) is 0 Å². The van der Waals surface area contributed by atoms with E-state index in [0.717, 1.165) is 4.88 Å². The van der Waals surface area contributed by atoms with Crippen LogP contribution in [0.25, 0.3) is 0 Å². The first-order valence-corrected chi connectivity index (χ1v) is 6.60. The highest BCUT2D eigenvalue weighted by Crippen LogP contribution is 2.21. The van der Waals surface area contributed by atoms with Crippen LogP contribution in [0.1, 0.15) is 18.7 Å². The quantitative estimate of drug-likeness (QED) is 0.875. The average Bonchev–Trinajstić information content (AvgIpc) is 2.68. The Morgan fingerprint density at radius 2 is 2.17 bits per heavy atom. The summed E-state index contributed by atoms with van der Waals surface area (Å²) in [4.78, 5) is 24.7. The van der Waals surface area contributed by atoms with Gasteiger partial charge < -0.3 is 15.3 Å². The number of thiophene rings is 1. The van der Waals surface area contributed by atoms with Gasteiger partial charge in [0.25, 0.3) is 0 Å². The number of carbonyl (C=O) groups excluding carboxylic acids is 1. The molecule has 0 bridgehead atoms. The fourth-order valence-electron chi connectivity index (χ4n) is 1.35. The molecule has 1 aromatic heterocycles. The van der Waals surface area contributed by atoms with Gasteiger partial charge in [-0.25, -0.2) is 4.79 Å². The zero-order valence-electron chi connectivity index (χ0n) is 10.1. The lowest BCUT2D eigenvalue weighted by Gasteiger charge is -2.24. The fraction of sp³-hybridized carbons (Fsp3) is 0.455. The maximum Gasteiger partial charge on any atom is 0.323 e. The topological polar surface area (TPSA) is 69.6 Å². The predicted octanol–water partition coefficient (Wildman–Crippen LogP) is 2.41. The van der Waals surface area contributed by atoms with Crippen molar-refractivity contribution in [2.45, 2.75) is 26.4 Å². The number of halogens is 1. The maximum absolute atomic E-state index is 11.8. The van der Waals surface area contributed by atoms with Crippen LogP contribution in [0.2, 0.25) is 4.34 Å². The van der Waals surface area contributed by atoms with Gasteiger partial charge in [-0.15, -0.1) is 11.3 Å². The largest absolute Gasteiger partial charge is 0.480 e. The van der Waals surface area contributed by atoms with E-state index in [1.807, 2.05) is 6.07 Å². The molecular weight excluding hydrogens is 276 g/mol. The number of hydrogen-bond acceptors (Lipinski definition) is 3. The number of nitrogens with zero attached hydrogens (tertiary/aromatic N) is 1. The molecule has 2 amide bonds. The standard InChI is InChI=1S/C11H15ClN2O3S/c1-7(2)14(6-10(15)16)11(17)13-5-8-3-4-9(12)18-8/h3-4,7H,5-6H2,1-2H3,(H,13,17)(H,15,16). The van der Waals surface area contributed by atoms with Crippen LogP contribution in [-0.2, 0) is 11.3 Å². The normalized spacial score (nSPS) is 10.4. The van der Waals surface area contributed by atoms with E-state index in [-0.39, 0.29) is 12.6 Å². The maximum atomic E-state index is 11.8. The summed E-state index contributed by atoms with van der Waals surface area (Å²) in [7, 11) is 0. The molecule has 18 heavy (non-hydrogen) atoms. The molecule has 0 aliphatic carbocycles. The van der Waals surface area contributed by atoms with Gasteiger partial charge in [0, 0.05) is 10.9 Å². The highest BCUT2D eigenvalue weighted by atomic mass is 35.5. The SMILES string of the molecule is CC(C)N(CC(=O)O)C(=O)NCc1ccc(Cl)s1. The summed E-state index contributed by atoms with van der Waals surface area (Å²) >= 11 is 7.15. The highest BCUT2D eigenvalue weighted by molar-refractivity contribution is 7.16. The molecule has 1 heterocycles. The third kappa shape index (κ3) is 4.54. The predicted molar refractivity (Wildman–Crippen MR) is 71.0 cm³/mol. The molecule has 0 spiro atoms. The van der Waals surface area contributed by atoms with Crippen molar-refractivity contribution in [2.75, 3.05) is 6.54 Å². The number of aliphatic carboxylic acids is 1. The molecule has 0 radical (unpaired) electrons. The minimum Gasteiger partial charge on any atom is -0.480 e. The van der Waals surface area contributed by atoms with Crippen LogP contribution in [0.3, 0.4) is 0 Å². The van der Waals surface area contributed by atoms with E-state index in [0.29, 0.717) is 10.9 Å². The van der Waals surface area contributed by atoms with Crippen LogP contribution in [0, 0.1) is 0 Å². The van der Waals surface area contributed by atoms with Crippen molar-refractivity contribution in [1.82, 2.24) is 10.2 Å². The van der Waals surface area contributed by atoms with Crippen LogP contribution < -0.4 is 5.32 Å². The van der Waals surface area contributed by atoms with Gasteiger partial charge in [-0.2, -0.15) is 0 Å². The second-order valence-electron chi connectivity index (χ2n) is 3.98. The first-order chi connectivity index (χ1) is 8.40. The second kappa shape index (κ2) is 6.61. The average molecular weight is 291 g/mol. The molecular formula is C11H15ClN2O3S. The van der Waals surface area contributed by atoms with Crippen molar-refractivity contribution in [3.8, 4) is 0 Å². The third-order valence-electron chi connectivity index (χ3n) is 2.23. The molecule has 0 aliphatic rings. The van der Waals surface area contributed by atoms with Gasteiger partial charge in [-0.05, 0) is 26.0 Å².